The predicted octanol–water partition coefficient (Wildman–Crippen LogP) is 3.96. The lowest BCUT2D eigenvalue weighted by Crippen LogP contribution is -2.35. The fraction of sp³-hybridized carbons (Fsp3) is 0.176. The normalized spacial score (nSPS) is 12.1. The summed E-state index contributed by atoms with van der Waals surface area (Å²) < 4.78 is 19.5. The highest BCUT2D eigenvalue weighted by Crippen LogP contribution is 2.28. The highest BCUT2D eigenvalue weighted by atomic mass is 32.1. The number of benzene rings is 1. The van der Waals surface area contributed by atoms with E-state index in [-0.39, 0.29) is 16.6 Å². The summed E-state index contributed by atoms with van der Waals surface area (Å²) in [6.07, 6.45) is -0.924. The molecule has 2 aromatic heterocycles. The Hall–Kier alpha value is -2.25. The summed E-state index contributed by atoms with van der Waals surface area (Å²) in [7, 11) is 0. The third-order valence-electron chi connectivity index (χ3n) is 3.38. The van der Waals surface area contributed by atoms with Gasteiger partial charge in [0.15, 0.2) is 6.10 Å². The van der Waals surface area contributed by atoms with Crippen LogP contribution in [-0.4, -0.2) is 18.0 Å². The van der Waals surface area contributed by atoms with Crippen LogP contribution in [0.1, 0.15) is 21.5 Å². The molecular formula is C17H14FNO3S2. The summed E-state index contributed by atoms with van der Waals surface area (Å²) in [4.78, 5) is 25.4. The molecule has 0 saturated heterocycles. The second-order valence-corrected chi connectivity index (χ2v) is 7.22. The largest absolute Gasteiger partial charge is 0.448 e. The molecule has 7 heteroatoms. The maximum absolute atomic E-state index is 13.7. The Labute approximate surface area is 145 Å². The van der Waals surface area contributed by atoms with Gasteiger partial charge in [-0.1, -0.05) is 12.1 Å². The van der Waals surface area contributed by atoms with Gasteiger partial charge in [0, 0.05) is 15.0 Å². The fourth-order valence-corrected chi connectivity index (χ4v) is 3.73. The highest BCUT2D eigenvalue weighted by Gasteiger charge is 2.20. The lowest BCUT2D eigenvalue weighted by Gasteiger charge is -2.12. The van der Waals surface area contributed by atoms with Crippen LogP contribution in [0.2, 0.25) is 0 Å². The van der Waals surface area contributed by atoms with E-state index < -0.39 is 12.1 Å². The predicted molar refractivity (Wildman–Crippen MR) is 92.8 cm³/mol. The second-order valence-electron chi connectivity index (χ2n) is 5.11. The zero-order valence-corrected chi connectivity index (χ0v) is 14.4. The molecule has 1 N–H and O–H groups in total. The molecule has 0 saturated carbocycles. The molecule has 24 heavy (non-hydrogen) atoms. The van der Waals surface area contributed by atoms with Crippen molar-refractivity contribution in [2.75, 3.05) is 0 Å². The van der Waals surface area contributed by atoms with Crippen molar-refractivity contribution in [3.63, 3.8) is 0 Å². The summed E-state index contributed by atoms with van der Waals surface area (Å²) in [5.41, 5.74) is 0. The van der Waals surface area contributed by atoms with Crippen LogP contribution < -0.4 is 5.32 Å². The molecular weight excluding hydrogens is 349 g/mol. The third-order valence-corrected chi connectivity index (χ3v) is 5.34. The van der Waals surface area contributed by atoms with Gasteiger partial charge in [0.2, 0.25) is 0 Å². The number of thiophene rings is 2. The van der Waals surface area contributed by atoms with Crippen LogP contribution in [0.25, 0.3) is 10.1 Å². The zero-order chi connectivity index (χ0) is 17.1. The van der Waals surface area contributed by atoms with Crippen molar-refractivity contribution in [1.29, 1.82) is 0 Å². The van der Waals surface area contributed by atoms with E-state index in [4.69, 9.17) is 4.74 Å². The quantitative estimate of drug-likeness (QED) is 0.698. The van der Waals surface area contributed by atoms with Gasteiger partial charge in [-0.25, -0.2) is 9.18 Å². The molecule has 0 fully saturated rings. The number of carbonyl (C=O) groups excluding carboxylic acids is 2. The Morgan fingerprint density at radius 1 is 1.29 bits per heavy atom. The van der Waals surface area contributed by atoms with E-state index in [1.54, 1.807) is 12.1 Å². The average molecular weight is 363 g/mol. The number of fused-ring (bicyclic) bond motifs is 1. The van der Waals surface area contributed by atoms with Crippen molar-refractivity contribution in [1.82, 2.24) is 5.32 Å². The van der Waals surface area contributed by atoms with Crippen molar-refractivity contribution >= 4 is 44.6 Å². The van der Waals surface area contributed by atoms with Gasteiger partial charge in [-0.3, -0.25) is 4.79 Å². The van der Waals surface area contributed by atoms with Crippen LogP contribution in [0.4, 0.5) is 4.39 Å². The first kappa shape index (κ1) is 16.6. The smallest absolute Gasteiger partial charge is 0.349 e. The summed E-state index contributed by atoms with van der Waals surface area (Å²) >= 11 is 2.67. The van der Waals surface area contributed by atoms with Gasteiger partial charge in [-0.2, -0.15) is 0 Å². The number of ether oxygens (including phenoxy) is 1. The van der Waals surface area contributed by atoms with Gasteiger partial charge in [0.05, 0.1) is 6.54 Å². The molecule has 0 aliphatic carbocycles. The van der Waals surface area contributed by atoms with E-state index in [0.29, 0.717) is 16.6 Å². The topological polar surface area (TPSA) is 55.4 Å². The van der Waals surface area contributed by atoms with Gasteiger partial charge >= 0.3 is 5.97 Å². The van der Waals surface area contributed by atoms with Crippen molar-refractivity contribution in [3.8, 4) is 0 Å². The SMILES string of the molecule is C[C@@H](OC(=O)c1cc2c(F)cccc2s1)C(=O)NCc1cccs1. The summed E-state index contributed by atoms with van der Waals surface area (Å²) in [5.74, 6) is -1.39. The van der Waals surface area contributed by atoms with Crippen LogP contribution in [0, 0.1) is 5.82 Å². The lowest BCUT2D eigenvalue weighted by atomic mass is 10.2. The summed E-state index contributed by atoms with van der Waals surface area (Å²) in [6.45, 7) is 1.90. The van der Waals surface area contributed by atoms with Gasteiger partial charge in [0.25, 0.3) is 5.91 Å². The van der Waals surface area contributed by atoms with Crippen LogP contribution in [0.3, 0.4) is 0 Å². The minimum Gasteiger partial charge on any atom is -0.448 e. The van der Waals surface area contributed by atoms with E-state index in [9.17, 15) is 14.0 Å². The van der Waals surface area contributed by atoms with Gasteiger partial charge in [-0.05, 0) is 36.6 Å². The second kappa shape index (κ2) is 7.11. The molecule has 2 heterocycles. The maximum atomic E-state index is 13.7. The Kier molecular flexibility index (Phi) is 4.92. The number of hydrogen-bond acceptors (Lipinski definition) is 5. The van der Waals surface area contributed by atoms with Gasteiger partial charge < -0.3 is 10.1 Å². The lowest BCUT2D eigenvalue weighted by molar-refractivity contribution is -0.129. The number of nitrogens with one attached hydrogen (secondary N) is 1. The Morgan fingerprint density at radius 2 is 2.12 bits per heavy atom. The first-order chi connectivity index (χ1) is 11.5. The first-order valence-electron chi connectivity index (χ1n) is 7.23. The minimum atomic E-state index is -0.924. The van der Waals surface area contributed by atoms with Crippen molar-refractivity contribution in [2.24, 2.45) is 0 Å². The van der Waals surface area contributed by atoms with E-state index in [1.165, 1.54) is 30.4 Å². The first-order valence-corrected chi connectivity index (χ1v) is 8.93. The number of esters is 1. The molecule has 1 atom stereocenters. The Balaban J connectivity index is 1.62. The van der Waals surface area contributed by atoms with Crippen molar-refractivity contribution < 1.29 is 18.7 Å². The molecule has 124 valence electrons. The van der Waals surface area contributed by atoms with E-state index in [1.807, 2.05) is 17.5 Å². The highest BCUT2D eigenvalue weighted by molar-refractivity contribution is 7.20. The number of rotatable bonds is 5. The minimum absolute atomic E-state index is 0.271. The van der Waals surface area contributed by atoms with E-state index in [2.05, 4.69) is 5.32 Å². The molecule has 3 aromatic rings. The molecule has 0 bridgehead atoms. The standard InChI is InChI=1S/C17H14FNO3S2/c1-10(16(20)19-9-11-4-3-7-23-11)22-17(21)15-8-12-13(18)5-2-6-14(12)24-15/h2-8,10H,9H2,1H3,(H,19,20)/t10-/m1/s1. The molecule has 0 aliphatic rings. The molecule has 3 rings (SSSR count). The molecule has 1 amide bonds. The Bertz CT molecular complexity index is 873. The summed E-state index contributed by atoms with van der Waals surface area (Å²) in [6, 6.07) is 9.92. The fourth-order valence-electron chi connectivity index (χ4n) is 2.13. The monoisotopic (exact) mass is 363 g/mol. The van der Waals surface area contributed by atoms with Crippen LogP contribution in [0.15, 0.2) is 41.8 Å². The van der Waals surface area contributed by atoms with Gasteiger partial charge in [0.1, 0.15) is 10.7 Å². The Morgan fingerprint density at radius 3 is 2.83 bits per heavy atom. The molecule has 0 radical (unpaired) electrons. The molecule has 0 aliphatic heterocycles. The van der Waals surface area contributed by atoms with Gasteiger partial charge in [-0.15, -0.1) is 22.7 Å². The molecule has 0 spiro atoms. The van der Waals surface area contributed by atoms with E-state index in [0.717, 1.165) is 16.2 Å². The number of carbonyl (C=O) groups is 2. The van der Waals surface area contributed by atoms with Crippen molar-refractivity contribution in [2.45, 2.75) is 19.6 Å². The molecule has 4 nitrogen and oxygen atoms in total. The van der Waals surface area contributed by atoms with Crippen molar-refractivity contribution in [3.05, 3.63) is 57.3 Å². The van der Waals surface area contributed by atoms with Crippen LogP contribution in [0.5, 0.6) is 0 Å². The summed E-state index contributed by atoms with van der Waals surface area (Å²) in [5, 5.41) is 5.02. The number of hydrogen-bond donors (Lipinski definition) is 1. The number of amides is 1. The molecule has 1 aromatic carbocycles. The van der Waals surface area contributed by atoms with E-state index >= 15 is 0 Å². The maximum Gasteiger partial charge on any atom is 0.349 e. The van der Waals surface area contributed by atoms with Crippen LogP contribution in [-0.2, 0) is 16.1 Å². The number of halogens is 1. The molecule has 0 unspecified atom stereocenters. The van der Waals surface area contributed by atoms with Crippen LogP contribution >= 0.6 is 22.7 Å². The zero-order valence-electron chi connectivity index (χ0n) is 12.7. The average Bonchev–Trinajstić information content (AvgIpc) is 3.22. The third kappa shape index (κ3) is 3.63.